The van der Waals surface area contributed by atoms with Gasteiger partial charge in [-0.3, -0.25) is 9.59 Å². The number of hydrogen-bond acceptors (Lipinski definition) is 7. The highest BCUT2D eigenvalue weighted by Crippen LogP contribution is 2.07. The van der Waals surface area contributed by atoms with Gasteiger partial charge in [0, 0.05) is 0 Å². The van der Waals surface area contributed by atoms with Crippen molar-refractivity contribution in [3.63, 3.8) is 0 Å². The highest BCUT2D eigenvalue weighted by Gasteiger charge is 2.26. The lowest BCUT2D eigenvalue weighted by Gasteiger charge is -2.07. The molecule has 0 aromatic rings. The van der Waals surface area contributed by atoms with Crippen LogP contribution in [0.3, 0.4) is 0 Å². The number of rotatable bonds is 6. The van der Waals surface area contributed by atoms with Crippen LogP contribution in [-0.4, -0.2) is 37.4 Å². The Balaban J connectivity index is 2.11. The van der Waals surface area contributed by atoms with Gasteiger partial charge in [0.2, 0.25) is 0 Å². The summed E-state index contributed by atoms with van der Waals surface area (Å²) < 4.78 is 18.3. The van der Waals surface area contributed by atoms with Gasteiger partial charge in [0.05, 0.1) is 19.1 Å². The van der Waals surface area contributed by atoms with Crippen LogP contribution in [0.1, 0.15) is 12.8 Å². The van der Waals surface area contributed by atoms with Crippen molar-refractivity contribution in [1.82, 2.24) is 0 Å². The molecule has 0 radical (unpaired) electrons. The first-order valence-electron chi connectivity index (χ1n) is 4.91. The molecule has 1 fully saturated rings. The Labute approximate surface area is 97.3 Å². The SMILES string of the molecule is C=COC(=O)CCC(=O)OCC1COC(=O)O1. The minimum Gasteiger partial charge on any atom is -0.462 e. The third kappa shape index (κ3) is 5.01. The Morgan fingerprint density at radius 3 is 2.71 bits per heavy atom. The van der Waals surface area contributed by atoms with Crippen LogP contribution >= 0.6 is 0 Å². The second-order valence-electron chi connectivity index (χ2n) is 3.14. The zero-order valence-corrected chi connectivity index (χ0v) is 9.05. The minimum absolute atomic E-state index is 0.0601. The average Bonchev–Trinajstić information content (AvgIpc) is 2.70. The Morgan fingerprint density at radius 2 is 2.12 bits per heavy atom. The van der Waals surface area contributed by atoms with E-state index in [-0.39, 0.29) is 26.1 Å². The third-order valence-electron chi connectivity index (χ3n) is 1.83. The maximum Gasteiger partial charge on any atom is 0.508 e. The summed E-state index contributed by atoms with van der Waals surface area (Å²) in [4.78, 5) is 32.5. The van der Waals surface area contributed by atoms with Crippen molar-refractivity contribution in [1.29, 1.82) is 0 Å². The Bertz CT molecular complexity index is 323. The van der Waals surface area contributed by atoms with Gasteiger partial charge in [-0.05, 0) is 0 Å². The summed E-state index contributed by atoms with van der Waals surface area (Å²) in [5.41, 5.74) is 0. The molecule has 1 heterocycles. The monoisotopic (exact) mass is 244 g/mol. The maximum atomic E-state index is 11.2. The van der Waals surface area contributed by atoms with Gasteiger partial charge in [0.1, 0.15) is 13.2 Å². The van der Waals surface area contributed by atoms with E-state index in [1.807, 2.05) is 0 Å². The van der Waals surface area contributed by atoms with Crippen LogP contribution in [0.4, 0.5) is 4.79 Å². The average molecular weight is 244 g/mol. The quantitative estimate of drug-likeness (QED) is 0.382. The van der Waals surface area contributed by atoms with Crippen LogP contribution < -0.4 is 0 Å². The van der Waals surface area contributed by atoms with E-state index in [1.165, 1.54) is 0 Å². The summed E-state index contributed by atoms with van der Waals surface area (Å²) in [6, 6.07) is 0. The van der Waals surface area contributed by atoms with E-state index in [0.29, 0.717) is 0 Å². The number of ether oxygens (including phenoxy) is 4. The lowest BCUT2D eigenvalue weighted by molar-refractivity contribution is -0.149. The molecule has 17 heavy (non-hydrogen) atoms. The van der Waals surface area contributed by atoms with E-state index in [9.17, 15) is 14.4 Å². The number of esters is 2. The van der Waals surface area contributed by atoms with Gasteiger partial charge in [-0.25, -0.2) is 4.79 Å². The van der Waals surface area contributed by atoms with Crippen molar-refractivity contribution in [2.45, 2.75) is 18.9 Å². The topological polar surface area (TPSA) is 88.1 Å². The molecule has 0 bridgehead atoms. The van der Waals surface area contributed by atoms with Gasteiger partial charge < -0.3 is 18.9 Å². The van der Waals surface area contributed by atoms with Crippen LogP contribution in [0.25, 0.3) is 0 Å². The molecule has 0 spiro atoms. The molecule has 0 aromatic carbocycles. The lowest BCUT2D eigenvalue weighted by Crippen LogP contribution is -2.21. The molecule has 0 amide bonds. The van der Waals surface area contributed by atoms with Gasteiger partial charge in [-0.15, -0.1) is 0 Å². The van der Waals surface area contributed by atoms with Gasteiger partial charge in [0.15, 0.2) is 6.10 Å². The van der Waals surface area contributed by atoms with Gasteiger partial charge in [0.25, 0.3) is 0 Å². The predicted octanol–water partition coefficient (Wildman–Crippen LogP) is 0.532. The molecule has 1 saturated heterocycles. The number of carbonyl (C=O) groups is 3. The summed E-state index contributed by atoms with van der Waals surface area (Å²) in [5.74, 6) is -1.14. The van der Waals surface area contributed by atoms with E-state index in [4.69, 9.17) is 4.74 Å². The van der Waals surface area contributed by atoms with Gasteiger partial charge in [-0.1, -0.05) is 6.58 Å². The van der Waals surface area contributed by atoms with Crippen LogP contribution in [0, 0.1) is 0 Å². The summed E-state index contributed by atoms with van der Waals surface area (Å²) in [5, 5.41) is 0. The molecule has 0 aromatic heterocycles. The Hall–Kier alpha value is -2.05. The fourth-order valence-electron chi connectivity index (χ4n) is 1.06. The highest BCUT2D eigenvalue weighted by atomic mass is 16.8. The smallest absolute Gasteiger partial charge is 0.462 e. The number of cyclic esters (lactones) is 2. The molecular formula is C10H12O7. The van der Waals surface area contributed by atoms with E-state index in [2.05, 4.69) is 20.8 Å². The molecule has 0 saturated carbocycles. The zero-order valence-electron chi connectivity index (χ0n) is 9.05. The van der Waals surface area contributed by atoms with E-state index in [0.717, 1.165) is 6.26 Å². The van der Waals surface area contributed by atoms with Crippen molar-refractivity contribution in [3.05, 3.63) is 12.8 Å². The molecule has 7 heteroatoms. The minimum atomic E-state index is -0.777. The van der Waals surface area contributed by atoms with Crippen molar-refractivity contribution in [2.75, 3.05) is 13.2 Å². The molecule has 0 N–H and O–H groups in total. The summed E-state index contributed by atoms with van der Waals surface area (Å²) in [7, 11) is 0. The highest BCUT2D eigenvalue weighted by molar-refractivity contribution is 5.77. The summed E-state index contributed by atoms with van der Waals surface area (Å²) >= 11 is 0. The van der Waals surface area contributed by atoms with Crippen molar-refractivity contribution in [3.8, 4) is 0 Å². The summed E-state index contributed by atoms with van der Waals surface area (Å²) in [6.45, 7) is 3.18. The van der Waals surface area contributed by atoms with Crippen LogP contribution in [0.2, 0.25) is 0 Å². The lowest BCUT2D eigenvalue weighted by atomic mass is 10.3. The first-order chi connectivity index (χ1) is 8.11. The summed E-state index contributed by atoms with van der Waals surface area (Å²) in [6.07, 6.45) is -0.560. The molecule has 1 unspecified atom stereocenters. The Morgan fingerprint density at radius 1 is 1.41 bits per heavy atom. The molecule has 1 aliphatic rings. The first kappa shape index (κ1) is 13.0. The molecule has 1 aliphatic heterocycles. The maximum absolute atomic E-state index is 11.2. The van der Waals surface area contributed by atoms with Gasteiger partial charge in [-0.2, -0.15) is 0 Å². The largest absolute Gasteiger partial charge is 0.508 e. The zero-order chi connectivity index (χ0) is 12.7. The third-order valence-corrected chi connectivity index (χ3v) is 1.83. The van der Waals surface area contributed by atoms with E-state index in [1.54, 1.807) is 0 Å². The molecule has 94 valence electrons. The fraction of sp³-hybridized carbons (Fsp3) is 0.500. The second-order valence-corrected chi connectivity index (χ2v) is 3.14. The normalized spacial score (nSPS) is 17.9. The molecule has 0 aliphatic carbocycles. The van der Waals surface area contributed by atoms with Gasteiger partial charge >= 0.3 is 18.1 Å². The number of hydrogen-bond donors (Lipinski definition) is 0. The van der Waals surface area contributed by atoms with Crippen LogP contribution in [-0.2, 0) is 28.5 Å². The molecule has 1 rings (SSSR count). The van der Waals surface area contributed by atoms with E-state index < -0.39 is 24.2 Å². The van der Waals surface area contributed by atoms with Crippen molar-refractivity contribution < 1.29 is 33.3 Å². The van der Waals surface area contributed by atoms with Crippen LogP contribution in [0.15, 0.2) is 12.8 Å². The molecular weight excluding hydrogens is 232 g/mol. The van der Waals surface area contributed by atoms with Crippen LogP contribution in [0.5, 0.6) is 0 Å². The molecule has 1 atom stereocenters. The van der Waals surface area contributed by atoms with Crippen molar-refractivity contribution in [2.24, 2.45) is 0 Å². The van der Waals surface area contributed by atoms with E-state index >= 15 is 0 Å². The molecule has 7 nitrogen and oxygen atoms in total. The van der Waals surface area contributed by atoms with Crippen molar-refractivity contribution >= 4 is 18.1 Å². The number of carbonyl (C=O) groups excluding carboxylic acids is 3. The standard InChI is InChI=1S/C10H12O7/c1-2-14-8(11)3-4-9(12)15-5-7-6-16-10(13)17-7/h2,7H,1,3-6H2. The predicted molar refractivity (Wildman–Crippen MR) is 52.7 cm³/mol. The second kappa shape index (κ2) is 6.51. The first-order valence-corrected chi connectivity index (χ1v) is 4.91. The fourth-order valence-corrected chi connectivity index (χ4v) is 1.06. The Kier molecular flexibility index (Phi) is 4.99.